The molecule has 0 saturated heterocycles. The van der Waals surface area contributed by atoms with E-state index in [4.69, 9.17) is 16.8 Å². The minimum Gasteiger partial charge on any atom is -0.399 e. The van der Waals surface area contributed by atoms with Crippen LogP contribution >= 0.6 is 0 Å². The van der Waals surface area contributed by atoms with Gasteiger partial charge in [0, 0.05) is 29.6 Å². The summed E-state index contributed by atoms with van der Waals surface area (Å²) in [6.07, 6.45) is 2.46. The van der Waals surface area contributed by atoms with Gasteiger partial charge in [-0.05, 0) is 48.2 Å². The minimum absolute atomic E-state index is 0.0480. The van der Waals surface area contributed by atoms with E-state index in [1.807, 2.05) is 6.07 Å². The van der Waals surface area contributed by atoms with Crippen LogP contribution < -0.4 is 27.7 Å². The lowest BCUT2D eigenvalue weighted by Crippen LogP contribution is -2.42. The summed E-state index contributed by atoms with van der Waals surface area (Å²) in [5.74, 6) is 2.55. The van der Waals surface area contributed by atoms with E-state index in [2.05, 4.69) is 10.6 Å². The van der Waals surface area contributed by atoms with Gasteiger partial charge in [0.05, 0.1) is 19.0 Å². The van der Waals surface area contributed by atoms with Crippen molar-refractivity contribution in [3.63, 3.8) is 0 Å². The van der Waals surface area contributed by atoms with Gasteiger partial charge in [0.15, 0.2) is 11.6 Å². The van der Waals surface area contributed by atoms with E-state index >= 15 is 0 Å². The number of benzene rings is 2. The second kappa shape index (κ2) is 11.4. The van der Waals surface area contributed by atoms with Crippen LogP contribution in [0, 0.1) is 11.6 Å². The molecular formula is C23H26F2N6O4. The highest BCUT2D eigenvalue weighted by Gasteiger charge is 2.21. The number of hydrazine groups is 1. The fraction of sp³-hybridized carbons (Fsp3) is 0.261. The predicted octanol–water partition coefficient (Wildman–Crippen LogP) is 1.06. The van der Waals surface area contributed by atoms with Gasteiger partial charge in [0.2, 0.25) is 11.8 Å². The summed E-state index contributed by atoms with van der Waals surface area (Å²) in [7, 11) is 0. The highest BCUT2D eigenvalue weighted by molar-refractivity contribution is 5.94. The number of carbonyl (C=O) groups is 3. The maximum Gasteiger partial charge on any atom is 0.251 e. The van der Waals surface area contributed by atoms with Crippen LogP contribution in [0.5, 0.6) is 0 Å². The molecule has 0 saturated carbocycles. The van der Waals surface area contributed by atoms with Crippen molar-refractivity contribution < 1.29 is 28.4 Å². The summed E-state index contributed by atoms with van der Waals surface area (Å²) in [5.41, 5.74) is 10.1. The fourth-order valence-electron chi connectivity index (χ4n) is 3.64. The first kappa shape index (κ1) is 25.6. The lowest BCUT2D eigenvalue weighted by molar-refractivity contribution is -0.130. The van der Waals surface area contributed by atoms with Crippen molar-refractivity contribution in [2.24, 2.45) is 11.6 Å². The third-order valence-corrected chi connectivity index (χ3v) is 5.45. The first-order valence-corrected chi connectivity index (χ1v) is 10.7. The Kier molecular flexibility index (Phi) is 8.34. The van der Waals surface area contributed by atoms with Crippen molar-refractivity contribution in [3.8, 4) is 0 Å². The molecule has 186 valence electrons. The SMILES string of the molecule is N/C(=C\N(N)C(CC(=O)NO)Cc1ccc2c(c1)CCC(=O)N2)CNC(=O)c1ccc(F)c(F)c1. The molecule has 10 nitrogen and oxygen atoms in total. The zero-order valence-electron chi connectivity index (χ0n) is 18.7. The number of nitrogens with zero attached hydrogens (tertiary/aromatic N) is 1. The van der Waals surface area contributed by atoms with Crippen molar-refractivity contribution in [2.75, 3.05) is 11.9 Å². The van der Waals surface area contributed by atoms with Gasteiger partial charge in [-0.3, -0.25) is 19.6 Å². The molecule has 1 unspecified atom stereocenters. The van der Waals surface area contributed by atoms with Crippen molar-refractivity contribution >= 4 is 23.4 Å². The molecular weight excluding hydrogens is 462 g/mol. The topological polar surface area (TPSA) is 163 Å². The monoisotopic (exact) mass is 488 g/mol. The van der Waals surface area contributed by atoms with Crippen LogP contribution in [0.4, 0.5) is 14.5 Å². The lowest BCUT2D eigenvalue weighted by Gasteiger charge is -2.27. The Morgan fingerprint density at radius 1 is 1.17 bits per heavy atom. The zero-order valence-corrected chi connectivity index (χ0v) is 18.7. The second-order valence-corrected chi connectivity index (χ2v) is 8.10. The third-order valence-electron chi connectivity index (χ3n) is 5.45. The number of fused-ring (bicyclic) bond motifs is 1. The second-order valence-electron chi connectivity index (χ2n) is 8.10. The van der Waals surface area contributed by atoms with Crippen molar-refractivity contribution in [2.45, 2.75) is 31.7 Å². The molecule has 1 aliphatic rings. The van der Waals surface area contributed by atoms with Crippen LogP contribution in [0.2, 0.25) is 0 Å². The normalized spacial score (nSPS) is 13.9. The molecule has 2 aromatic carbocycles. The number of amides is 3. The van der Waals surface area contributed by atoms with Crippen molar-refractivity contribution in [3.05, 3.63) is 76.6 Å². The average molecular weight is 488 g/mol. The molecule has 0 fully saturated rings. The molecule has 2 aromatic rings. The molecule has 0 bridgehead atoms. The van der Waals surface area contributed by atoms with E-state index < -0.39 is 29.5 Å². The number of nitrogens with one attached hydrogen (secondary N) is 3. The van der Waals surface area contributed by atoms with Crippen LogP contribution in [0.25, 0.3) is 0 Å². The zero-order chi connectivity index (χ0) is 25.5. The Labute approximate surface area is 199 Å². The maximum atomic E-state index is 13.3. The first-order valence-electron chi connectivity index (χ1n) is 10.7. The summed E-state index contributed by atoms with van der Waals surface area (Å²) in [5, 5.41) is 15.4. The van der Waals surface area contributed by atoms with Gasteiger partial charge in [-0.2, -0.15) is 0 Å². The molecule has 1 atom stereocenters. The number of halogens is 2. The molecule has 0 spiro atoms. The number of aryl methyl sites for hydroxylation is 1. The molecule has 1 aliphatic heterocycles. The predicted molar refractivity (Wildman–Crippen MR) is 122 cm³/mol. The highest BCUT2D eigenvalue weighted by atomic mass is 19.2. The number of anilines is 1. The summed E-state index contributed by atoms with van der Waals surface area (Å²) in [6.45, 7) is -0.150. The fourth-order valence-corrected chi connectivity index (χ4v) is 3.64. The summed E-state index contributed by atoms with van der Waals surface area (Å²) in [6, 6.07) is 7.64. The van der Waals surface area contributed by atoms with Gasteiger partial charge in [-0.25, -0.2) is 20.1 Å². The van der Waals surface area contributed by atoms with Gasteiger partial charge in [0.1, 0.15) is 0 Å². The first-order chi connectivity index (χ1) is 16.7. The largest absolute Gasteiger partial charge is 0.399 e. The Bertz CT molecular complexity index is 1160. The Hall–Kier alpha value is -4.03. The van der Waals surface area contributed by atoms with Crippen LogP contribution in [0.15, 0.2) is 48.3 Å². The highest BCUT2D eigenvalue weighted by Crippen LogP contribution is 2.25. The van der Waals surface area contributed by atoms with Crippen molar-refractivity contribution in [1.82, 2.24) is 15.8 Å². The number of rotatable bonds is 9. The van der Waals surface area contributed by atoms with Gasteiger partial charge < -0.3 is 21.4 Å². The summed E-state index contributed by atoms with van der Waals surface area (Å²) in [4.78, 5) is 35.6. The standard InChI is InChI=1S/C23H26F2N6O4/c24-18-4-2-15(9-19(18)25)23(34)28-11-16(26)12-31(27)17(10-22(33)30-35)8-13-1-5-20-14(7-13)3-6-21(32)29-20/h1-2,4-5,7,9,12,17,35H,3,6,8,10-11,26-27H2,(H,28,34)(H,29,32)(H,30,33)/b16-12-. The molecule has 35 heavy (non-hydrogen) atoms. The molecule has 0 aliphatic carbocycles. The molecule has 0 radical (unpaired) electrons. The van der Waals surface area contributed by atoms with Crippen molar-refractivity contribution in [1.29, 1.82) is 0 Å². The van der Waals surface area contributed by atoms with E-state index in [1.54, 1.807) is 17.6 Å². The average Bonchev–Trinajstić information content (AvgIpc) is 2.83. The summed E-state index contributed by atoms with van der Waals surface area (Å²) < 4.78 is 26.4. The Morgan fingerprint density at radius 3 is 2.66 bits per heavy atom. The number of hydrogen-bond acceptors (Lipinski definition) is 7. The molecule has 12 heteroatoms. The van der Waals surface area contributed by atoms with Crippen LogP contribution in [-0.4, -0.2) is 40.5 Å². The molecule has 3 amide bonds. The lowest BCUT2D eigenvalue weighted by atomic mass is 9.96. The van der Waals surface area contributed by atoms with Crippen LogP contribution in [0.3, 0.4) is 0 Å². The Morgan fingerprint density at radius 2 is 1.94 bits per heavy atom. The van der Waals surface area contributed by atoms with Gasteiger partial charge >= 0.3 is 0 Å². The maximum absolute atomic E-state index is 13.3. The molecule has 1 heterocycles. The van der Waals surface area contributed by atoms with Gasteiger partial charge in [-0.1, -0.05) is 12.1 Å². The van der Waals surface area contributed by atoms with E-state index in [9.17, 15) is 23.2 Å². The molecule has 0 aromatic heterocycles. The third kappa shape index (κ3) is 6.98. The van der Waals surface area contributed by atoms with E-state index in [0.717, 1.165) is 35.0 Å². The van der Waals surface area contributed by atoms with Crippen LogP contribution in [0.1, 0.15) is 34.3 Å². The quantitative estimate of drug-likeness (QED) is 0.175. The number of nitrogens with two attached hydrogens (primary N) is 2. The van der Waals surface area contributed by atoms with E-state index in [0.29, 0.717) is 19.3 Å². The van der Waals surface area contributed by atoms with E-state index in [-0.39, 0.29) is 30.1 Å². The van der Waals surface area contributed by atoms with Crippen LogP contribution in [-0.2, 0) is 22.4 Å². The number of hydroxylamine groups is 1. The smallest absolute Gasteiger partial charge is 0.251 e. The summed E-state index contributed by atoms with van der Waals surface area (Å²) >= 11 is 0. The number of carbonyl (C=O) groups excluding carboxylic acids is 3. The Balaban J connectivity index is 1.67. The van der Waals surface area contributed by atoms with E-state index in [1.165, 1.54) is 11.2 Å². The molecule has 8 N–H and O–H groups in total. The number of hydrogen-bond donors (Lipinski definition) is 6. The van der Waals surface area contributed by atoms with Gasteiger partial charge in [-0.15, -0.1) is 0 Å². The molecule has 3 rings (SSSR count). The van der Waals surface area contributed by atoms with Gasteiger partial charge in [0.25, 0.3) is 5.91 Å². The minimum atomic E-state index is -1.15.